The van der Waals surface area contributed by atoms with Gasteiger partial charge in [-0.25, -0.2) is 33.1 Å². The van der Waals surface area contributed by atoms with Crippen molar-refractivity contribution in [3.05, 3.63) is 88.5 Å². The molecule has 5 amide bonds. The highest BCUT2D eigenvalue weighted by atomic mass is 31.2. The standard InChI is InChI=1S/C19H15FN2O4.C15H12F2N4O3.C3H8NO5P/c1-2-7-21-15-9-14(13(20)8-16(15)26-10-17(21)23)22-18(24)11-5-3-4-6-12(11)19(22)25;1-8(13-12(14(22)23)3-2-4-18-13)20-21-15(24)19-11-6-9(16)5-10(17)7-11;5-3(6)1-4-2-10(7,8)9/h1,8-9H,3-7,10H2;2-7H,1H3,(H,22,23)(H2,19,21,24);4H,1-2H2,(H,5,6)(H2,7,8,9)/b;20-8+;. The monoisotopic (exact) mass is 857 g/mol. The lowest BCUT2D eigenvalue weighted by molar-refractivity contribution is -0.136. The Balaban J connectivity index is 0.000000218. The SMILES string of the molecule is C#CCN1C(=O)COc2cc(F)c(N3C(=O)C4=C(CCCC4)C3=O)cc21.C/C(=N\NC(=O)Nc1cc(F)cc(F)c1)c1ncccc1C(=O)O.O=C(O)CNCP(=O)(O)O. The number of halogens is 3. The van der Waals surface area contributed by atoms with Crippen LogP contribution in [0.4, 0.5) is 35.0 Å². The van der Waals surface area contributed by atoms with Crippen molar-refractivity contribution in [3.8, 4) is 18.1 Å². The minimum Gasteiger partial charge on any atom is -0.481 e. The van der Waals surface area contributed by atoms with E-state index in [0.29, 0.717) is 30.1 Å². The molecule has 2 aromatic carbocycles. The number of hydrazone groups is 1. The minimum absolute atomic E-state index is 0.0170. The summed E-state index contributed by atoms with van der Waals surface area (Å²) in [7, 11) is -4.10. The van der Waals surface area contributed by atoms with Gasteiger partial charge < -0.3 is 30.1 Å². The van der Waals surface area contributed by atoms with Gasteiger partial charge >= 0.3 is 25.6 Å². The van der Waals surface area contributed by atoms with Crippen molar-refractivity contribution in [2.75, 3.05) is 41.1 Å². The van der Waals surface area contributed by atoms with Crippen LogP contribution in [-0.4, -0.2) is 92.4 Å². The Bertz CT molecular complexity index is 2330. The molecule has 23 heteroatoms. The molecular weight excluding hydrogens is 822 g/mol. The summed E-state index contributed by atoms with van der Waals surface area (Å²) in [4.78, 5) is 92.4. The van der Waals surface area contributed by atoms with E-state index in [2.05, 4.69) is 32.1 Å². The molecule has 6 rings (SSSR count). The van der Waals surface area contributed by atoms with Gasteiger partial charge in [-0.2, -0.15) is 5.10 Å². The first-order valence-electron chi connectivity index (χ1n) is 17.3. The number of aromatic carboxylic acids is 1. The number of carboxylic acid groups (broad SMARTS) is 2. The zero-order valence-electron chi connectivity index (χ0n) is 31.3. The van der Waals surface area contributed by atoms with Crippen LogP contribution in [0.5, 0.6) is 5.75 Å². The van der Waals surface area contributed by atoms with Crippen LogP contribution in [0.25, 0.3) is 0 Å². The van der Waals surface area contributed by atoms with E-state index < -0.39 is 67.7 Å². The molecule has 1 aliphatic carbocycles. The van der Waals surface area contributed by atoms with E-state index in [1.54, 1.807) is 0 Å². The van der Waals surface area contributed by atoms with E-state index in [9.17, 15) is 46.5 Å². The summed E-state index contributed by atoms with van der Waals surface area (Å²) in [6, 6.07) is 6.84. The highest BCUT2D eigenvalue weighted by molar-refractivity contribution is 7.51. The maximum atomic E-state index is 14.7. The molecule has 0 saturated heterocycles. The summed E-state index contributed by atoms with van der Waals surface area (Å²) in [6.45, 7) is 0.754. The molecule has 3 heterocycles. The van der Waals surface area contributed by atoms with Crippen LogP contribution in [0.1, 0.15) is 48.7 Å². The van der Waals surface area contributed by atoms with Crippen molar-refractivity contribution in [3.63, 3.8) is 0 Å². The van der Waals surface area contributed by atoms with Gasteiger partial charge in [-0.05, 0) is 62.9 Å². The first kappa shape index (κ1) is 45.8. The second kappa shape index (κ2) is 20.2. The molecule has 0 spiro atoms. The predicted molar refractivity (Wildman–Crippen MR) is 206 cm³/mol. The number of hydrogen-bond donors (Lipinski definition) is 7. The smallest absolute Gasteiger partial charge is 0.339 e. The predicted octanol–water partition coefficient (Wildman–Crippen LogP) is 3.33. The first-order chi connectivity index (χ1) is 28.3. The van der Waals surface area contributed by atoms with Gasteiger partial charge in [0.2, 0.25) is 0 Å². The Hall–Kier alpha value is -6.92. The van der Waals surface area contributed by atoms with Gasteiger partial charge in [0.1, 0.15) is 23.1 Å². The number of carbonyl (C=O) groups excluding carboxylic acids is 4. The average Bonchev–Trinajstić information content (AvgIpc) is 3.43. The number of anilines is 3. The van der Waals surface area contributed by atoms with Gasteiger partial charge in [0.05, 0.1) is 42.0 Å². The Morgan fingerprint density at radius 2 is 1.62 bits per heavy atom. The van der Waals surface area contributed by atoms with Gasteiger partial charge in [-0.1, -0.05) is 5.92 Å². The van der Waals surface area contributed by atoms with Crippen LogP contribution >= 0.6 is 7.60 Å². The van der Waals surface area contributed by atoms with Crippen LogP contribution < -0.4 is 30.6 Å². The molecule has 7 N–H and O–H groups in total. The highest BCUT2D eigenvalue weighted by Gasteiger charge is 2.41. The van der Waals surface area contributed by atoms with Gasteiger partial charge in [0.25, 0.3) is 17.7 Å². The van der Waals surface area contributed by atoms with Crippen LogP contribution in [-0.2, 0) is 23.7 Å². The number of rotatable bonds is 10. The third-order valence-electron chi connectivity index (χ3n) is 8.27. The van der Waals surface area contributed by atoms with Gasteiger partial charge in [-0.3, -0.25) is 38.9 Å². The zero-order chi connectivity index (χ0) is 44.3. The quantitative estimate of drug-likeness (QED) is 0.0507. The number of carbonyl (C=O) groups is 6. The maximum absolute atomic E-state index is 14.7. The zero-order valence-corrected chi connectivity index (χ0v) is 32.2. The lowest BCUT2D eigenvalue weighted by Gasteiger charge is -2.29. The topological polar surface area (TPSA) is 277 Å². The lowest BCUT2D eigenvalue weighted by Crippen LogP contribution is -2.39. The molecule has 316 valence electrons. The number of nitrogens with one attached hydrogen (secondary N) is 3. The number of benzene rings is 2. The average molecular weight is 858 g/mol. The van der Waals surface area contributed by atoms with Crippen LogP contribution in [0.3, 0.4) is 0 Å². The summed E-state index contributed by atoms with van der Waals surface area (Å²) in [5, 5.41) is 25.0. The minimum atomic E-state index is -4.10. The number of terminal acetylenes is 1. The fourth-order valence-corrected chi connectivity index (χ4v) is 6.16. The number of imide groups is 1. The number of ether oxygens (including phenoxy) is 1. The van der Waals surface area contributed by atoms with E-state index in [1.807, 2.05) is 0 Å². The van der Waals surface area contributed by atoms with Crippen LogP contribution in [0.15, 0.2) is 64.9 Å². The summed E-state index contributed by atoms with van der Waals surface area (Å²) in [6.07, 6.45) is 8.80. The van der Waals surface area contributed by atoms with Gasteiger partial charge in [-0.15, -0.1) is 6.42 Å². The summed E-state index contributed by atoms with van der Waals surface area (Å²) in [5.41, 5.74) is 3.15. The summed E-state index contributed by atoms with van der Waals surface area (Å²) < 4.78 is 56.0. The summed E-state index contributed by atoms with van der Waals surface area (Å²) >= 11 is 0. The van der Waals surface area contributed by atoms with E-state index >= 15 is 0 Å². The number of amides is 5. The largest absolute Gasteiger partial charge is 0.481 e. The van der Waals surface area contributed by atoms with Crippen molar-refractivity contribution in [1.29, 1.82) is 0 Å². The first-order valence-corrected chi connectivity index (χ1v) is 19.1. The fourth-order valence-electron chi connectivity index (χ4n) is 5.75. The molecule has 3 aromatic rings. The van der Waals surface area contributed by atoms with Crippen molar-refractivity contribution < 1.29 is 71.2 Å². The Morgan fingerprint density at radius 3 is 2.18 bits per heavy atom. The van der Waals surface area contributed by atoms with Crippen molar-refractivity contribution in [2.45, 2.75) is 32.6 Å². The number of nitrogens with zero attached hydrogens (tertiary/aromatic N) is 4. The van der Waals surface area contributed by atoms with Crippen molar-refractivity contribution in [1.82, 2.24) is 15.7 Å². The normalized spacial score (nSPS) is 14.7. The molecule has 0 radical (unpaired) electrons. The van der Waals surface area contributed by atoms with E-state index in [1.165, 1.54) is 36.2 Å². The molecule has 19 nitrogen and oxygen atoms in total. The van der Waals surface area contributed by atoms with Crippen molar-refractivity contribution >= 4 is 66.1 Å². The molecule has 0 unspecified atom stereocenters. The van der Waals surface area contributed by atoms with Crippen molar-refractivity contribution in [2.24, 2.45) is 5.10 Å². The number of pyridine rings is 1. The number of carboxylic acids is 2. The molecule has 60 heavy (non-hydrogen) atoms. The Morgan fingerprint density at radius 1 is 0.983 bits per heavy atom. The van der Waals surface area contributed by atoms with E-state index in [-0.39, 0.29) is 58.8 Å². The molecule has 0 saturated carbocycles. The third-order valence-corrected chi connectivity index (χ3v) is 8.91. The number of fused-ring (bicyclic) bond motifs is 1. The lowest BCUT2D eigenvalue weighted by atomic mass is 9.93. The molecule has 0 bridgehead atoms. The third kappa shape index (κ3) is 12.1. The van der Waals surface area contributed by atoms with E-state index in [4.69, 9.17) is 31.2 Å². The number of aliphatic carboxylic acids is 1. The second-order valence-corrected chi connectivity index (χ2v) is 14.3. The second-order valence-electron chi connectivity index (χ2n) is 12.6. The van der Waals surface area contributed by atoms with Gasteiger partial charge in [0, 0.05) is 35.2 Å². The number of aromatic nitrogens is 1. The Kier molecular flexibility index (Phi) is 15.4. The molecule has 2 aliphatic heterocycles. The molecular formula is C37H35F3N7O12P. The summed E-state index contributed by atoms with van der Waals surface area (Å²) in [5.74, 6) is -3.61. The fraction of sp³-hybridized carbons (Fsp3) is 0.243. The number of urea groups is 1. The van der Waals surface area contributed by atoms with Crippen LogP contribution in [0.2, 0.25) is 0 Å². The molecule has 1 aromatic heterocycles. The Labute approximate surface area is 338 Å². The maximum Gasteiger partial charge on any atom is 0.339 e. The number of hydrogen-bond acceptors (Lipinski definition) is 11. The molecule has 0 fully saturated rings. The molecule has 3 aliphatic rings. The van der Waals surface area contributed by atoms with Crippen LogP contribution in [0, 0.1) is 29.8 Å². The van der Waals surface area contributed by atoms with Gasteiger partial charge in [0.15, 0.2) is 12.4 Å². The highest BCUT2D eigenvalue weighted by Crippen LogP contribution is 2.41. The van der Waals surface area contributed by atoms with E-state index in [0.717, 1.165) is 35.9 Å². The molecule has 0 atom stereocenters.